The second kappa shape index (κ2) is 8.80. The highest BCUT2D eigenvalue weighted by Crippen LogP contribution is 2.52. The molecule has 46 heavy (non-hydrogen) atoms. The number of benzene rings is 7. The molecule has 2 unspecified atom stereocenters. The molecule has 3 aliphatic rings. The largest absolute Gasteiger partial charge is 0.482 e. The van der Waals surface area contributed by atoms with Gasteiger partial charge in [-0.05, 0) is 67.6 Å². The van der Waals surface area contributed by atoms with E-state index in [1.54, 1.807) is 0 Å². The summed E-state index contributed by atoms with van der Waals surface area (Å²) in [5.74, 6) is 1.58. The van der Waals surface area contributed by atoms with E-state index >= 15 is 0 Å². The third-order valence-electron chi connectivity index (χ3n) is 10.1. The average Bonchev–Trinajstić information content (AvgIpc) is 3.63. The normalized spacial score (nSPS) is 17.3. The van der Waals surface area contributed by atoms with Gasteiger partial charge in [0.2, 0.25) is 5.96 Å². The molecule has 1 aliphatic carbocycles. The van der Waals surface area contributed by atoms with E-state index < -0.39 is 0 Å². The van der Waals surface area contributed by atoms with Crippen LogP contribution < -0.4 is 4.74 Å². The lowest BCUT2D eigenvalue weighted by molar-refractivity contribution is 0.279. The standard InChI is InChI=1S/C42H25N3O/c1-2-9-24(10-3-1)28-20-21-33-40-37(28)31-17-7-13-26-12-6-15-29(36(26)31)30-16-8-18-32(38(30)40)45(33)42-43-23-35-41(44-42)39-27-14-5-4-11-25(27)19-22-34(39)46-35/h1-23,35,41H. The second-order valence-electron chi connectivity index (χ2n) is 12.4. The molecule has 0 saturated heterocycles. The molecule has 0 saturated carbocycles. The van der Waals surface area contributed by atoms with E-state index in [1.165, 1.54) is 65.7 Å². The molecule has 0 radical (unpaired) electrons. The Morgan fingerprint density at radius 2 is 1.28 bits per heavy atom. The molecule has 3 heterocycles. The highest BCUT2D eigenvalue weighted by molar-refractivity contribution is 6.30. The number of aliphatic imine (C=N–C) groups is 2. The zero-order valence-electron chi connectivity index (χ0n) is 24.7. The smallest absolute Gasteiger partial charge is 0.230 e. The fraction of sp³-hybridized carbons (Fsp3) is 0.0476. The number of nitrogens with zero attached hydrogens (tertiary/aromatic N) is 3. The van der Waals surface area contributed by atoms with Crippen molar-refractivity contribution in [3.05, 3.63) is 139 Å². The zero-order valence-corrected chi connectivity index (χ0v) is 24.7. The van der Waals surface area contributed by atoms with Crippen molar-refractivity contribution in [2.45, 2.75) is 12.1 Å². The number of hydrogen-bond donors (Lipinski definition) is 0. The van der Waals surface area contributed by atoms with Crippen molar-refractivity contribution in [3.8, 4) is 39.1 Å². The van der Waals surface area contributed by atoms with Crippen LogP contribution in [0, 0.1) is 0 Å². The fourth-order valence-electron chi connectivity index (χ4n) is 8.22. The molecule has 1 aromatic heterocycles. The Kier molecular flexibility index (Phi) is 4.66. The van der Waals surface area contributed by atoms with Crippen LogP contribution in [0.4, 0.5) is 0 Å². The Bertz CT molecular complexity index is 2680. The maximum absolute atomic E-state index is 6.39. The molecule has 11 rings (SSSR count). The average molecular weight is 588 g/mol. The highest BCUT2D eigenvalue weighted by Gasteiger charge is 2.38. The third kappa shape index (κ3) is 3.08. The minimum absolute atomic E-state index is 0.172. The Hall–Kier alpha value is -6.00. The summed E-state index contributed by atoms with van der Waals surface area (Å²) in [5, 5.41) is 7.41. The van der Waals surface area contributed by atoms with Crippen molar-refractivity contribution < 1.29 is 4.74 Å². The Morgan fingerprint density at radius 3 is 2.17 bits per heavy atom. The number of hydrogen-bond acceptors (Lipinski definition) is 3. The summed E-state index contributed by atoms with van der Waals surface area (Å²) in [6.45, 7) is 0. The molecule has 0 amide bonds. The van der Waals surface area contributed by atoms with E-state index in [1.807, 2.05) is 6.21 Å². The maximum Gasteiger partial charge on any atom is 0.230 e. The van der Waals surface area contributed by atoms with E-state index in [0.29, 0.717) is 5.96 Å². The van der Waals surface area contributed by atoms with E-state index in [2.05, 4.69) is 138 Å². The van der Waals surface area contributed by atoms with Gasteiger partial charge in [0.1, 0.15) is 11.8 Å². The summed E-state index contributed by atoms with van der Waals surface area (Å²) < 4.78 is 8.67. The molecular weight excluding hydrogens is 562 g/mol. The first kappa shape index (κ1) is 24.3. The van der Waals surface area contributed by atoms with E-state index in [-0.39, 0.29) is 12.1 Å². The van der Waals surface area contributed by atoms with Gasteiger partial charge in [-0.25, -0.2) is 9.98 Å². The second-order valence-corrected chi connectivity index (χ2v) is 12.4. The van der Waals surface area contributed by atoms with Crippen LogP contribution in [0.2, 0.25) is 0 Å². The van der Waals surface area contributed by atoms with Gasteiger partial charge >= 0.3 is 0 Å². The molecule has 4 heteroatoms. The topological polar surface area (TPSA) is 38.9 Å². The van der Waals surface area contributed by atoms with E-state index in [9.17, 15) is 0 Å². The minimum atomic E-state index is -0.225. The molecule has 2 atom stereocenters. The first-order valence-electron chi connectivity index (χ1n) is 15.8. The molecule has 8 aromatic rings. The molecule has 0 bridgehead atoms. The predicted molar refractivity (Wildman–Crippen MR) is 189 cm³/mol. The van der Waals surface area contributed by atoms with Crippen molar-refractivity contribution in [2.75, 3.05) is 0 Å². The van der Waals surface area contributed by atoms with Crippen LogP contribution in [0.15, 0.2) is 143 Å². The van der Waals surface area contributed by atoms with Crippen LogP contribution in [-0.4, -0.2) is 22.8 Å². The van der Waals surface area contributed by atoms with Gasteiger partial charge in [0, 0.05) is 21.9 Å². The van der Waals surface area contributed by atoms with Crippen LogP contribution >= 0.6 is 0 Å². The quantitative estimate of drug-likeness (QED) is 0.188. The molecule has 0 fully saturated rings. The first-order valence-corrected chi connectivity index (χ1v) is 15.8. The summed E-state index contributed by atoms with van der Waals surface area (Å²) in [4.78, 5) is 10.4. The molecule has 4 nitrogen and oxygen atoms in total. The van der Waals surface area contributed by atoms with Gasteiger partial charge in [0.05, 0.1) is 17.2 Å². The van der Waals surface area contributed by atoms with E-state index in [4.69, 9.17) is 14.7 Å². The molecule has 0 spiro atoms. The highest BCUT2D eigenvalue weighted by atomic mass is 16.5. The fourth-order valence-corrected chi connectivity index (χ4v) is 8.22. The van der Waals surface area contributed by atoms with E-state index in [0.717, 1.165) is 22.3 Å². The van der Waals surface area contributed by atoms with Crippen LogP contribution in [0.1, 0.15) is 11.6 Å². The maximum atomic E-state index is 6.39. The number of ether oxygens (including phenoxy) is 1. The summed E-state index contributed by atoms with van der Waals surface area (Å²) >= 11 is 0. The lowest BCUT2D eigenvalue weighted by atomic mass is 9.89. The minimum Gasteiger partial charge on any atom is -0.482 e. The molecular formula is C42H25N3O. The Labute approximate surface area is 264 Å². The van der Waals surface area contributed by atoms with Gasteiger partial charge in [-0.2, -0.15) is 0 Å². The van der Waals surface area contributed by atoms with Crippen LogP contribution in [-0.2, 0) is 0 Å². The van der Waals surface area contributed by atoms with Gasteiger partial charge < -0.3 is 4.74 Å². The summed E-state index contributed by atoms with van der Waals surface area (Å²) in [7, 11) is 0. The van der Waals surface area contributed by atoms with Gasteiger partial charge in [0.15, 0.2) is 6.10 Å². The van der Waals surface area contributed by atoms with Crippen molar-refractivity contribution >= 4 is 55.5 Å². The predicted octanol–water partition coefficient (Wildman–Crippen LogP) is 10.2. The Balaban J connectivity index is 1.26. The Morgan fingerprint density at radius 1 is 0.543 bits per heavy atom. The van der Waals surface area contributed by atoms with Gasteiger partial charge in [-0.15, -0.1) is 0 Å². The SMILES string of the molecule is C1=NC(n2c3cccc4c3c3c(c(-c5ccccc5)ccc32)-c2cccc3cccc-4c23)=NC2c3c(ccc4ccccc34)OC12. The summed E-state index contributed by atoms with van der Waals surface area (Å²) in [6.07, 6.45) is 1.72. The molecule has 0 N–H and O–H groups in total. The summed E-state index contributed by atoms with van der Waals surface area (Å²) in [6, 6.07) is 47.9. The van der Waals surface area contributed by atoms with Crippen molar-refractivity contribution in [1.29, 1.82) is 0 Å². The zero-order chi connectivity index (χ0) is 29.9. The van der Waals surface area contributed by atoms with Gasteiger partial charge in [0.25, 0.3) is 0 Å². The summed E-state index contributed by atoms with van der Waals surface area (Å²) in [5.41, 5.74) is 10.8. The lowest BCUT2D eigenvalue weighted by Crippen LogP contribution is -2.26. The molecule has 2 aliphatic heterocycles. The molecule has 7 aromatic carbocycles. The lowest BCUT2D eigenvalue weighted by Gasteiger charge is -2.20. The van der Waals surface area contributed by atoms with Crippen LogP contribution in [0.25, 0.3) is 76.7 Å². The number of fused-ring (bicyclic) bond motifs is 7. The van der Waals surface area contributed by atoms with Crippen molar-refractivity contribution in [3.63, 3.8) is 0 Å². The van der Waals surface area contributed by atoms with Crippen LogP contribution in [0.3, 0.4) is 0 Å². The van der Waals surface area contributed by atoms with Gasteiger partial charge in [-0.3, -0.25) is 4.57 Å². The van der Waals surface area contributed by atoms with Crippen molar-refractivity contribution in [2.24, 2.45) is 9.98 Å². The first-order chi connectivity index (χ1) is 22.8. The number of rotatable bonds is 1. The van der Waals surface area contributed by atoms with Crippen LogP contribution in [0.5, 0.6) is 5.75 Å². The third-order valence-corrected chi connectivity index (χ3v) is 10.1. The van der Waals surface area contributed by atoms with Gasteiger partial charge in [-0.1, -0.05) is 115 Å². The monoisotopic (exact) mass is 587 g/mol. The molecule has 214 valence electrons. The number of aromatic nitrogens is 1. The van der Waals surface area contributed by atoms with Crippen molar-refractivity contribution in [1.82, 2.24) is 4.57 Å².